The summed E-state index contributed by atoms with van der Waals surface area (Å²) in [4.78, 5) is 19.9. The molecule has 1 aromatic carbocycles. The summed E-state index contributed by atoms with van der Waals surface area (Å²) in [5.41, 5.74) is 0.990. The molecule has 17 heavy (non-hydrogen) atoms. The first-order chi connectivity index (χ1) is 8.33. The van der Waals surface area contributed by atoms with Gasteiger partial charge in [0.2, 0.25) is 0 Å². The number of nitrogens with zero attached hydrogens (tertiary/aromatic N) is 2. The van der Waals surface area contributed by atoms with E-state index in [1.165, 1.54) is 18.7 Å². The van der Waals surface area contributed by atoms with Crippen molar-refractivity contribution in [2.75, 3.05) is 6.61 Å². The molecule has 0 unspecified atom stereocenters. The van der Waals surface area contributed by atoms with Crippen LogP contribution in [0.3, 0.4) is 0 Å². The fourth-order valence-corrected chi connectivity index (χ4v) is 1.51. The summed E-state index contributed by atoms with van der Waals surface area (Å²) in [5, 5.41) is 0. The molecule has 0 atom stereocenters. The van der Waals surface area contributed by atoms with Crippen LogP contribution in [0.2, 0.25) is 0 Å². The second kappa shape index (κ2) is 5.21. The van der Waals surface area contributed by atoms with Crippen LogP contribution in [0, 0.1) is 0 Å². The molecule has 0 bridgehead atoms. The van der Waals surface area contributed by atoms with E-state index in [-0.39, 0.29) is 5.78 Å². The highest BCUT2D eigenvalue weighted by atomic mass is 16.5. The molecule has 0 aliphatic heterocycles. The Morgan fingerprint density at radius 2 is 1.94 bits per heavy atom. The van der Waals surface area contributed by atoms with Gasteiger partial charge in [0.25, 0.3) is 0 Å². The van der Waals surface area contributed by atoms with Crippen LogP contribution in [-0.4, -0.2) is 22.4 Å². The molecule has 2 rings (SSSR count). The Kier molecular flexibility index (Phi) is 3.45. The molecule has 2 aromatic rings. The Labute approximate surface area is 99.3 Å². The Morgan fingerprint density at radius 3 is 2.65 bits per heavy atom. The van der Waals surface area contributed by atoms with E-state index in [1.807, 2.05) is 13.0 Å². The van der Waals surface area contributed by atoms with Gasteiger partial charge in [0.15, 0.2) is 5.78 Å². The zero-order chi connectivity index (χ0) is 12.1. The topological polar surface area (TPSA) is 52.1 Å². The summed E-state index contributed by atoms with van der Waals surface area (Å²) in [6.45, 7) is 2.41. The molecule has 0 aliphatic rings. The number of ether oxygens (including phenoxy) is 1. The maximum atomic E-state index is 12.2. The second-order valence-corrected chi connectivity index (χ2v) is 3.39. The maximum absolute atomic E-state index is 12.2. The average Bonchev–Trinajstić information content (AvgIpc) is 2.40. The van der Waals surface area contributed by atoms with E-state index in [0.717, 1.165) is 0 Å². The minimum Gasteiger partial charge on any atom is -0.493 e. The summed E-state index contributed by atoms with van der Waals surface area (Å²) in [6.07, 6.45) is 4.39. The van der Waals surface area contributed by atoms with Crippen LogP contribution in [-0.2, 0) is 0 Å². The van der Waals surface area contributed by atoms with Gasteiger partial charge in [0, 0.05) is 12.4 Å². The molecule has 0 amide bonds. The number of hydrogen-bond donors (Lipinski definition) is 0. The monoisotopic (exact) mass is 228 g/mol. The van der Waals surface area contributed by atoms with Crippen molar-refractivity contribution in [3.63, 3.8) is 0 Å². The number of hydrogen-bond acceptors (Lipinski definition) is 4. The number of benzene rings is 1. The zero-order valence-corrected chi connectivity index (χ0v) is 9.46. The molecule has 0 N–H and O–H groups in total. The fourth-order valence-electron chi connectivity index (χ4n) is 1.51. The summed E-state index contributed by atoms with van der Waals surface area (Å²) in [6, 6.07) is 7.16. The third kappa shape index (κ3) is 2.47. The summed E-state index contributed by atoms with van der Waals surface area (Å²) < 4.78 is 5.42. The minimum atomic E-state index is -0.130. The molecule has 0 aliphatic carbocycles. The van der Waals surface area contributed by atoms with Gasteiger partial charge in [-0.15, -0.1) is 0 Å². The molecule has 0 saturated carbocycles. The Morgan fingerprint density at radius 1 is 1.24 bits per heavy atom. The van der Waals surface area contributed by atoms with Crippen LogP contribution in [0.5, 0.6) is 5.75 Å². The summed E-state index contributed by atoms with van der Waals surface area (Å²) in [5.74, 6) is 0.457. The number of aromatic nitrogens is 2. The number of ketones is 1. The minimum absolute atomic E-state index is 0.130. The molecule has 0 radical (unpaired) electrons. The number of para-hydroxylation sites is 1. The molecule has 4 nitrogen and oxygen atoms in total. The van der Waals surface area contributed by atoms with E-state index in [1.54, 1.807) is 18.2 Å². The molecule has 1 aromatic heterocycles. The third-order valence-corrected chi connectivity index (χ3v) is 2.25. The number of carbonyl (C=O) groups excluding carboxylic acids is 1. The smallest absolute Gasteiger partial charge is 0.199 e. The first-order valence-electron chi connectivity index (χ1n) is 5.34. The lowest BCUT2D eigenvalue weighted by molar-refractivity contribution is 0.103. The average molecular weight is 228 g/mol. The van der Waals surface area contributed by atoms with Gasteiger partial charge in [0.05, 0.1) is 17.7 Å². The van der Waals surface area contributed by atoms with Crippen LogP contribution in [0.25, 0.3) is 0 Å². The Bertz CT molecular complexity index is 512. The Hall–Kier alpha value is -2.23. The summed E-state index contributed by atoms with van der Waals surface area (Å²) >= 11 is 0. The van der Waals surface area contributed by atoms with Crippen molar-refractivity contribution in [2.24, 2.45) is 0 Å². The third-order valence-electron chi connectivity index (χ3n) is 2.25. The molecule has 0 spiro atoms. The molecule has 0 fully saturated rings. The lowest BCUT2D eigenvalue weighted by Crippen LogP contribution is -2.06. The van der Waals surface area contributed by atoms with Gasteiger partial charge in [0.1, 0.15) is 12.1 Å². The van der Waals surface area contributed by atoms with Crippen LogP contribution in [0.4, 0.5) is 0 Å². The quantitative estimate of drug-likeness (QED) is 0.752. The predicted octanol–water partition coefficient (Wildman–Crippen LogP) is 2.11. The van der Waals surface area contributed by atoms with Crippen LogP contribution < -0.4 is 4.74 Å². The number of carbonyl (C=O) groups is 1. The highest BCUT2D eigenvalue weighted by molar-refractivity contribution is 6.10. The zero-order valence-electron chi connectivity index (χ0n) is 9.46. The standard InChI is InChI=1S/C13H12N2O2/c1-2-17-12-6-4-3-5-11(12)13(16)10-7-14-9-15-8-10/h3-9H,2H2,1H3. The predicted molar refractivity (Wildman–Crippen MR) is 63.1 cm³/mol. The van der Waals surface area contributed by atoms with E-state index in [4.69, 9.17) is 4.74 Å². The van der Waals surface area contributed by atoms with Crippen LogP contribution >= 0.6 is 0 Å². The van der Waals surface area contributed by atoms with Gasteiger partial charge in [-0.3, -0.25) is 4.79 Å². The van der Waals surface area contributed by atoms with Gasteiger partial charge in [-0.25, -0.2) is 9.97 Å². The van der Waals surface area contributed by atoms with Gasteiger partial charge in [-0.1, -0.05) is 12.1 Å². The van der Waals surface area contributed by atoms with Gasteiger partial charge in [-0.05, 0) is 19.1 Å². The largest absolute Gasteiger partial charge is 0.493 e. The van der Waals surface area contributed by atoms with E-state index in [0.29, 0.717) is 23.5 Å². The maximum Gasteiger partial charge on any atom is 0.199 e. The lowest BCUT2D eigenvalue weighted by atomic mass is 10.1. The summed E-state index contributed by atoms with van der Waals surface area (Å²) in [7, 11) is 0. The van der Waals surface area contributed by atoms with Crippen molar-refractivity contribution in [3.05, 3.63) is 54.1 Å². The lowest BCUT2D eigenvalue weighted by Gasteiger charge is -2.08. The van der Waals surface area contributed by atoms with Crippen molar-refractivity contribution in [1.29, 1.82) is 0 Å². The van der Waals surface area contributed by atoms with Crippen LogP contribution in [0.15, 0.2) is 43.0 Å². The molecule has 1 heterocycles. The molecule has 86 valence electrons. The van der Waals surface area contributed by atoms with Crippen molar-refractivity contribution < 1.29 is 9.53 Å². The first-order valence-corrected chi connectivity index (χ1v) is 5.34. The van der Waals surface area contributed by atoms with E-state index < -0.39 is 0 Å². The van der Waals surface area contributed by atoms with Gasteiger partial charge < -0.3 is 4.74 Å². The van der Waals surface area contributed by atoms with Crippen molar-refractivity contribution in [3.8, 4) is 5.75 Å². The molecular formula is C13H12N2O2. The van der Waals surface area contributed by atoms with Gasteiger partial charge >= 0.3 is 0 Å². The second-order valence-electron chi connectivity index (χ2n) is 3.39. The van der Waals surface area contributed by atoms with E-state index in [2.05, 4.69) is 9.97 Å². The normalized spacial score (nSPS) is 9.94. The van der Waals surface area contributed by atoms with E-state index >= 15 is 0 Å². The molecule has 0 saturated heterocycles. The molecular weight excluding hydrogens is 216 g/mol. The van der Waals surface area contributed by atoms with Gasteiger partial charge in [-0.2, -0.15) is 0 Å². The highest BCUT2D eigenvalue weighted by Gasteiger charge is 2.14. The Balaban J connectivity index is 2.37. The van der Waals surface area contributed by atoms with Crippen molar-refractivity contribution in [2.45, 2.75) is 6.92 Å². The van der Waals surface area contributed by atoms with E-state index in [9.17, 15) is 4.79 Å². The SMILES string of the molecule is CCOc1ccccc1C(=O)c1cncnc1. The fraction of sp³-hybridized carbons (Fsp3) is 0.154. The van der Waals surface area contributed by atoms with Crippen LogP contribution in [0.1, 0.15) is 22.8 Å². The first kappa shape index (κ1) is 11.3. The van der Waals surface area contributed by atoms with Crippen molar-refractivity contribution >= 4 is 5.78 Å². The van der Waals surface area contributed by atoms with Crippen molar-refractivity contribution in [1.82, 2.24) is 9.97 Å². The number of rotatable bonds is 4. The molecule has 4 heteroatoms. The highest BCUT2D eigenvalue weighted by Crippen LogP contribution is 2.20.